The second kappa shape index (κ2) is 4.75. The lowest BCUT2D eigenvalue weighted by Gasteiger charge is -2.18. The molecule has 0 aromatic carbocycles. The molecule has 17 heavy (non-hydrogen) atoms. The molecule has 0 atom stereocenters. The van der Waals surface area contributed by atoms with Gasteiger partial charge in [-0.2, -0.15) is 4.31 Å². The van der Waals surface area contributed by atoms with Crippen molar-refractivity contribution in [1.29, 1.82) is 0 Å². The molecular weight excluding hydrogens is 262 g/mol. The zero-order valence-electron chi connectivity index (χ0n) is 9.07. The Labute approximate surface area is 104 Å². The Kier molecular flexibility index (Phi) is 3.50. The monoisotopic (exact) mass is 275 g/mol. The largest absolute Gasteiger partial charge is 0.480 e. The van der Waals surface area contributed by atoms with Gasteiger partial charge in [-0.15, -0.1) is 11.3 Å². The van der Waals surface area contributed by atoms with Gasteiger partial charge in [0.05, 0.1) is 0 Å². The fraction of sp³-hybridized carbons (Fsp3) is 0.500. The minimum Gasteiger partial charge on any atom is -0.480 e. The fourth-order valence-electron chi connectivity index (χ4n) is 1.52. The molecule has 94 valence electrons. The number of carboxylic acid groups (broad SMARTS) is 1. The van der Waals surface area contributed by atoms with Gasteiger partial charge in [0.15, 0.2) is 0 Å². The van der Waals surface area contributed by atoms with Gasteiger partial charge in [-0.05, 0) is 30.2 Å². The Morgan fingerprint density at radius 3 is 2.71 bits per heavy atom. The minimum absolute atomic E-state index is 0.208. The summed E-state index contributed by atoms with van der Waals surface area (Å²) in [5.74, 6) is -0.796. The van der Waals surface area contributed by atoms with Crippen LogP contribution in [0.4, 0.5) is 0 Å². The van der Waals surface area contributed by atoms with Crippen molar-refractivity contribution in [3.8, 4) is 0 Å². The summed E-state index contributed by atoms with van der Waals surface area (Å²) in [5.41, 5.74) is 0. The zero-order chi connectivity index (χ0) is 12.5. The summed E-state index contributed by atoms with van der Waals surface area (Å²) in [7, 11) is -3.64. The Bertz CT molecular complexity index is 490. The second-order valence-electron chi connectivity index (χ2n) is 4.07. The molecule has 0 bridgehead atoms. The first-order valence-electron chi connectivity index (χ1n) is 5.25. The lowest BCUT2D eigenvalue weighted by atomic mass is 10.4. The van der Waals surface area contributed by atoms with Gasteiger partial charge in [0, 0.05) is 6.54 Å². The quantitative estimate of drug-likeness (QED) is 0.847. The lowest BCUT2D eigenvalue weighted by Crippen LogP contribution is -2.36. The molecule has 7 heteroatoms. The average molecular weight is 275 g/mol. The zero-order valence-corrected chi connectivity index (χ0v) is 10.7. The highest BCUT2D eigenvalue weighted by molar-refractivity contribution is 7.91. The SMILES string of the molecule is O=C(O)CN(CC1CC1)S(=O)(=O)c1cccs1. The second-order valence-corrected chi connectivity index (χ2v) is 7.18. The molecule has 0 saturated heterocycles. The summed E-state index contributed by atoms with van der Waals surface area (Å²) in [6.45, 7) is -0.150. The van der Waals surface area contributed by atoms with E-state index < -0.39 is 22.5 Å². The molecule has 1 aliphatic rings. The van der Waals surface area contributed by atoms with Crippen molar-refractivity contribution in [2.45, 2.75) is 17.1 Å². The van der Waals surface area contributed by atoms with E-state index in [-0.39, 0.29) is 4.21 Å². The molecule has 1 aromatic heterocycles. The third kappa shape index (κ3) is 3.05. The van der Waals surface area contributed by atoms with Crippen LogP contribution in [-0.2, 0) is 14.8 Å². The van der Waals surface area contributed by atoms with Gasteiger partial charge in [-0.3, -0.25) is 4.79 Å². The molecule has 0 amide bonds. The standard InChI is InChI=1S/C10H13NO4S2/c12-9(13)7-11(6-8-3-4-8)17(14,15)10-2-1-5-16-10/h1-2,5,8H,3-4,6-7H2,(H,12,13). The molecule has 0 unspecified atom stereocenters. The van der Waals surface area contributed by atoms with E-state index in [1.807, 2.05) is 0 Å². The van der Waals surface area contributed by atoms with E-state index in [1.54, 1.807) is 11.4 Å². The van der Waals surface area contributed by atoms with E-state index >= 15 is 0 Å². The van der Waals surface area contributed by atoms with Gasteiger partial charge in [-0.1, -0.05) is 6.07 Å². The highest BCUT2D eigenvalue weighted by Crippen LogP contribution is 2.32. The molecular formula is C10H13NO4S2. The first-order chi connectivity index (χ1) is 8.00. The number of thiophene rings is 1. The summed E-state index contributed by atoms with van der Waals surface area (Å²) in [4.78, 5) is 10.7. The van der Waals surface area contributed by atoms with E-state index in [4.69, 9.17) is 5.11 Å². The van der Waals surface area contributed by atoms with E-state index in [0.29, 0.717) is 12.5 Å². The van der Waals surface area contributed by atoms with E-state index in [0.717, 1.165) is 28.5 Å². The highest BCUT2D eigenvalue weighted by Gasteiger charge is 2.33. The first kappa shape index (κ1) is 12.5. The van der Waals surface area contributed by atoms with Gasteiger partial charge in [0.2, 0.25) is 0 Å². The normalized spacial score (nSPS) is 16.3. The van der Waals surface area contributed by atoms with Crippen molar-refractivity contribution >= 4 is 27.3 Å². The predicted octanol–water partition coefficient (Wildman–Crippen LogP) is 1.23. The third-order valence-corrected chi connectivity index (χ3v) is 5.74. The highest BCUT2D eigenvalue weighted by atomic mass is 32.2. The van der Waals surface area contributed by atoms with Crippen molar-refractivity contribution in [1.82, 2.24) is 4.31 Å². The number of aliphatic carboxylic acids is 1. The molecule has 0 spiro atoms. The maximum Gasteiger partial charge on any atom is 0.318 e. The molecule has 1 saturated carbocycles. The lowest BCUT2D eigenvalue weighted by molar-refractivity contribution is -0.137. The van der Waals surface area contributed by atoms with Gasteiger partial charge in [-0.25, -0.2) is 8.42 Å². The number of carbonyl (C=O) groups is 1. The Morgan fingerprint density at radius 1 is 1.53 bits per heavy atom. The Balaban J connectivity index is 2.21. The molecule has 0 aliphatic heterocycles. The number of carboxylic acids is 1. The van der Waals surface area contributed by atoms with Crippen molar-refractivity contribution < 1.29 is 18.3 Å². The van der Waals surface area contributed by atoms with E-state index in [2.05, 4.69) is 0 Å². The molecule has 1 aliphatic carbocycles. The van der Waals surface area contributed by atoms with Crippen molar-refractivity contribution in [3.05, 3.63) is 17.5 Å². The summed E-state index contributed by atoms with van der Waals surface area (Å²) in [6.07, 6.45) is 1.96. The minimum atomic E-state index is -3.64. The molecule has 1 aromatic rings. The van der Waals surface area contributed by atoms with Crippen molar-refractivity contribution in [2.24, 2.45) is 5.92 Å². The van der Waals surface area contributed by atoms with Crippen LogP contribution in [-0.4, -0.2) is 36.9 Å². The van der Waals surface area contributed by atoms with Crippen molar-refractivity contribution in [2.75, 3.05) is 13.1 Å². The first-order valence-corrected chi connectivity index (χ1v) is 7.57. The summed E-state index contributed by atoms with van der Waals surface area (Å²) >= 11 is 1.11. The van der Waals surface area contributed by atoms with Crippen LogP contribution >= 0.6 is 11.3 Å². The van der Waals surface area contributed by atoms with Crippen LogP contribution in [0.3, 0.4) is 0 Å². The molecule has 5 nitrogen and oxygen atoms in total. The third-order valence-electron chi connectivity index (χ3n) is 2.56. The maximum absolute atomic E-state index is 12.2. The topological polar surface area (TPSA) is 74.7 Å². The van der Waals surface area contributed by atoms with Crippen LogP contribution in [0.5, 0.6) is 0 Å². The summed E-state index contributed by atoms with van der Waals surface area (Å²) in [6, 6.07) is 3.15. The Hall–Kier alpha value is -0.920. The number of hydrogen-bond donors (Lipinski definition) is 1. The number of sulfonamides is 1. The van der Waals surface area contributed by atoms with E-state index in [1.165, 1.54) is 6.07 Å². The van der Waals surface area contributed by atoms with E-state index in [9.17, 15) is 13.2 Å². The van der Waals surface area contributed by atoms with Crippen LogP contribution in [0.25, 0.3) is 0 Å². The average Bonchev–Trinajstić information content (AvgIpc) is 2.88. The predicted molar refractivity (Wildman–Crippen MR) is 63.4 cm³/mol. The van der Waals surface area contributed by atoms with Crippen molar-refractivity contribution in [3.63, 3.8) is 0 Å². The molecule has 2 rings (SSSR count). The molecule has 1 N–H and O–H groups in total. The molecule has 1 heterocycles. The smallest absolute Gasteiger partial charge is 0.318 e. The van der Waals surface area contributed by atoms with Crippen LogP contribution in [0.2, 0.25) is 0 Å². The van der Waals surface area contributed by atoms with Crippen LogP contribution < -0.4 is 0 Å². The van der Waals surface area contributed by atoms with Gasteiger partial charge < -0.3 is 5.11 Å². The maximum atomic E-state index is 12.2. The molecule has 0 radical (unpaired) electrons. The number of nitrogens with zero attached hydrogens (tertiary/aromatic N) is 1. The molecule has 1 fully saturated rings. The van der Waals surface area contributed by atoms with Gasteiger partial charge in [0.25, 0.3) is 10.0 Å². The Morgan fingerprint density at radius 2 is 2.24 bits per heavy atom. The van der Waals surface area contributed by atoms with Crippen LogP contribution in [0.15, 0.2) is 21.7 Å². The summed E-state index contributed by atoms with van der Waals surface area (Å²) < 4.78 is 25.6. The van der Waals surface area contributed by atoms with Crippen LogP contribution in [0.1, 0.15) is 12.8 Å². The fourth-order valence-corrected chi connectivity index (χ4v) is 4.13. The van der Waals surface area contributed by atoms with Crippen LogP contribution in [0, 0.1) is 5.92 Å². The number of rotatable bonds is 6. The summed E-state index contributed by atoms with van der Waals surface area (Å²) in [5, 5.41) is 10.4. The van der Waals surface area contributed by atoms with Gasteiger partial charge in [0.1, 0.15) is 10.8 Å². The number of hydrogen-bond acceptors (Lipinski definition) is 4. The van der Waals surface area contributed by atoms with Gasteiger partial charge >= 0.3 is 5.97 Å².